The first-order valence-electron chi connectivity index (χ1n) is 8.21. The van der Waals surface area contributed by atoms with Crippen molar-refractivity contribution in [2.24, 2.45) is 0 Å². The average molecular weight is 360 g/mol. The summed E-state index contributed by atoms with van der Waals surface area (Å²) in [6, 6.07) is 17.2. The van der Waals surface area contributed by atoms with Crippen LogP contribution in [0.5, 0.6) is 0 Å². The standard InChI is InChI=1S/C19H24N2O3S/c1-16-8-6-7-11-18(16)20-19(22)13-15-21(25(2,23)24)14-12-17-9-4-3-5-10-17/h3-11H,12-15H2,1-2H3,(H,20,22). The van der Waals surface area contributed by atoms with Crippen LogP contribution in [0.15, 0.2) is 54.6 Å². The number of carbonyl (C=O) groups excluding carboxylic acids is 1. The van der Waals surface area contributed by atoms with Gasteiger partial charge in [-0.3, -0.25) is 4.79 Å². The SMILES string of the molecule is Cc1ccccc1NC(=O)CCN(CCc1ccccc1)S(C)(=O)=O. The molecule has 1 amide bonds. The van der Waals surface area contributed by atoms with Gasteiger partial charge in [0, 0.05) is 25.2 Å². The third-order valence-corrected chi connectivity index (χ3v) is 5.27. The van der Waals surface area contributed by atoms with Crippen molar-refractivity contribution in [1.82, 2.24) is 4.31 Å². The Labute approximate surface area is 149 Å². The maximum atomic E-state index is 12.1. The first-order valence-corrected chi connectivity index (χ1v) is 10.1. The molecule has 0 aliphatic rings. The number of para-hydroxylation sites is 1. The van der Waals surface area contributed by atoms with Gasteiger partial charge in [0.2, 0.25) is 15.9 Å². The largest absolute Gasteiger partial charge is 0.326 e. The second-order valence-electron chi connectivity index (χ2n) is 6.01. The Morgan fingerprint density at radius 2 is 1.64 bits per heavy atom. The molecule has 134 valence electrons. The average Bonchev–Trinajstić information content (AvgIpc) is 2.56. The van der Waals surface area contributed by atoms with Gasteiger partial charge < -0.3 is 5.32 Å². The third kappa shape index (κ3) is 6.32. The molecule has 6 heteroatoms. The van der Waals surface area contributed by atoms with E-state index in [1.165, 1.54) is 10.6 Å². The van der Waals surface area contributed by atoms with E-state index in [0.717, 1.165) is 16.8 Å². The van der Waals surface area contributed by atoms with Crippen LogP contribution < -0.4 is 5.32 Å². The Hall–Kier alpha value is -2.18. The summed E-state index contributed by atoms with van der Waals surface area (Å²) in [6.07, 6.45) is 1.92. The van der Waals surface area contributed by atoms with Gasteiger partial charge in [0.15, 0.2) is 0 Å². The molecule has 0 aromatic heterocycles. The second kappa shape index (κ2) is 8.78. The summed E-state index contributed by atoms with van der Waals surface area (Å²) in [7, 11) is -3.36. The maximum absolute atomic E-state index is 12.1. The number of benzene rings is 2. The van der Waals surface area contributed by atoms with Gasteiger partial charge in [-0.05, 0) is 30.5 Å². The van der Waals surface area contributed by atoms with E-state index in [0.29, 0.717) is 13.0 Å². The Morgan fingerprint density at radius 3 is 2.28 bits per heavy atom. The van der Waals surface area contributed by atoms with Gasteiger partial charge >= 0.3 is 0 Å². The number of hydrogen-bond donors (Lipinski definition) is 1. The third-order valence-electron chi connectivity index (χ3n) is 3.97. The first-order chi connectivity index (χ1) is 11.9. The number of carbonyl (C=O) groups is 1. The number of aryl methyl sites for hydroxylation is 1. The molecular formula is C19H24N2O3S. The molecule has 25 heavy (non-hydrogen) atoms. The molecule has 0 fully saturated rings. The van der Waals surface area contributed by atoms with Gasteiger partial charge in [0.25, 0.3) is 0 Å². The van der Waals surface area contributed by atoms with Gasteiger partial charge in [-0.1, -0.05) is 48.5 Å². The fourth-order valence-corrected chi connectivity index (χ4v) is 3.34. The minimum Gasteiger partial charge on any atom is -0.326 e. The summed E-state index contributed by atoms with van der Waals surface area (Å²) in [5.74, 6) is -0.192. The van der Waals surface area contributed by atoms with Crippen LogP contribution in [0.2, 0.25) is 0 Å². The van der Waals surface area contributed by atoms with Gasteiger partial charge in [0.1, 0.15) is 0 Å². The van der Waals surface area contributed by atoms with E-state index in [9.17, 15) is 13.2 Å². The van der Waals surface area contributed by atoms with Crippen LogP contribution >= 0.6 is 0 Å². The molecular weight excluding hydrogens is 336 g/mol. The normalized spacial score (nSPS) is 11.5. The number of amides is 1. The van der Waals surface area contributed by atoms with E-state index < -0.39 is 10.0 Å². The smallest absolute Gasteiger partial charge is 0.225 e. The van der Waals surface area contributed by atoms with Gasteiger partial charge in [-0.25, -0.2) is 12.7 Å². The molecule has 2 aromatic rings. The van der Waals surface area contributed by atoms with Crippen molar-refractivity contribution in [3.63, 3.8) is 0 Å². The van der Waals surface area contributed by atoms with Crippen molar-refractivity contribution in [2.75, 3.05) is 24.7 Å². The molecule has 0 aliphatic heterocycles. The number of nitrogens with zero attached hydrogens (tertiary/aromatic N) is 1. The highest BCUT2D eigenvalue weighted by Gasteiger charge is 2.18. The molecule has 0 bridgehead atoms. The Morgan fingerprint density at radius 1 is 1.00 bits per heavy atom. The Kier molecular flexibility index (Phi) is 6.73. The zero-order chi connectivity index (χ0) is 18.3. The summed E-state index contributed by atoms with van der Waals surface area (Å²) < 4.78 is 25.3. The van der Waals surface area contributed by atoms with Crippen molar-refractivity contribution < 1.29 is 13.2 Å². The lowest BCUT2D eigenvalue weighted by molar-refractivity contribution is -0.116. The summed E-state index contributed by atoms with van der Waals surface area (Å²) in [4.78, 5) is 12.1. The lowest BCUT2D eigenvalue weighted by Gasteiger charge is -2.20. The van der Waals surface area contributed by atoms with Crippen LogP contribution in [0.3, 0.4) is 0 Å². The molecule has 0 heterocycles. The fraction of sp³-hybridized carbons (Fsp3) is 0.316. The van der Waals surface area contributed by atoms with Gasteiger partial charge in [-0.15, -0.1) is 0 Å². The quantitative estimate of drug-likeness (QED) is 0.787. The molecule has 2 aromatic carbocycles. The summed E-state index contributed by atoms with van der Waals surface area (Å²) in [5.41, 5.74) is 2.79. The Balaban J connectivity index is 1.91. The second-order valence-corrected chi connectivity index (χ2v) is 7.99. The lowest BCUT2D eigenvalue weighted by atomic mass is 10.1. The van der Waals surface area contributed by atoms with Crippen molar-refractivity contribution in [1.29, 1.82) is 0 Å². The zero-order valence-electron chi connectivity index (χ0n) is 14.6. The predicted octanol–water partition coefficient (Wildman–Crippen LogP) is 2.83. The monoisotopic (exact) mass is 360 g/mol. The molecule has 5 nitrogen and oxygen atoms in total. The highest BCUT2D eigenvalue weighted by atomic mass is 32.2. The molecule has 0 spiro atoms. The molecule has 1 N–H and O–H groups in total. The Bertz CT molecular complexity index is 804. The van der Waals surface area contributed by atoms with Crippen LogP contribution in [-0.2, 0) is 21.2 Å². The van der Waals surface area contributed by atoms with Crippen LogP contribution in [0.25, 0.3) is 0 Å². The molecule has 0 saturated carbocycles. The molecule has 0 saturated heterocycles. The van der Waals surface area contributed by atoms with E-state index in [-0.39, 0.29) is 18.9 Å². The van der Waals surface area contributed by atoms with Crippen molar-refractivity contribution in [3.05, 3.63) is 65.7 Å². The lowest BCUT2D eigenvalue weighted by Crippen LogP contribution is -2.34. The van der Waals surface area contributed by atoms with Crippen molar-refractivity contribution in [2.45, 2.75) is 19.8 Å². The topological polar surface area (TPSA) is 66.5 Å². The highest BCUT2D eigenvalue weighted by Crippen LogP contribution is 2.13. The van der Waals surface area contributed by atoms with E-state index in [4.69, 9.17) is 0 Å². The molecule has 2 rings (SSSR count). The number of rotatable bonds is 8. The van der Waals surface area contributed by atoms with Crippen LogP contribution in [-0.4, -0.2) is 38.0 Å². The summed E-state index contributed by atoms with van der Waals surface area (Å²) >= 11 is 0. The molecule has 0 unspecified atom stereocenters. The van der Waals surface area contributed by atoms with Crippen molar-refractivity contribution >= 4 is 21.6 Å². The van der Waals surface area contributed by atoms with Gasteiger partial charge in [0.05, 0.1) is 6.26 Å². The number of anilines is 1. The molecule has 0 atom stereocenters. The number of hydrogen-bond acceptors (Lipinski definition) is 3. The summed E-state index contributed by atoms with van der Waals surface area (Å²) in [5, 5.41) is 2.83. The number of sulfonamides is 1. The minimum atomic E-state index is -3.36. The fourth-order valence-electron chi connectivity index (χ4n) is 2.49. The van der Waals surface area contributed by atoms with E-state index >= 15 is 0 Å². The van der Waals surface area contributed by atoms with Crippen LogP contribution in [0.4, 0.5) is 5.69 Å². The molecule has 0 radical (unpaired) electrons. The van der Waals surface area contributed by atoms with Crippen LogP contribution in [0, 0.1) is 6.92 Å². The molecule has 0 aliphatic carbocycles. The van der Waals surface area contributed by atoms with Crippen molar-refractivity contribution in [3.8, 4) is 0 Å². The van der Waals surface area contributed by atoms with E-state index in [2.05, 4.69) is 5.32 Å². The minimum absolute atomic E-state index is 0.121. The van der Waals surface area contributed by atoms with Gasteiger partial charge in [-0.2, -0.15) is 0 Å². The zero-order valence-corrected chi connectivity index (χ0v) is 15.4. The number of nitrogens with one attached hydrogen (secondary N) is 1. The maximum Gasteiger partial charge on any atom is 0.225 e. The first kappa shape index (κ1) is 19.1. The van der Waals surface area contributed by atoms with E-state index in [1.54, 1.807) is 0 Å². The predicted molar refractivity (Wildman–Crippen MR) is 101 cm³/mol. The highest BCUT2D eigenvalue weighted by molar-refractivity contribution is 7.88. The van der Waals surface area contributed by atoms with Crippen LogP contribution in [0.1, 0.15) is 17.5 Å². The van der Waals surface area contributed by atoms with E-state index in [1.807, 2.05) is 61.5 Å². The summed E-state index contributed by atoms with van der Waals surface area (Å²) in [6.45, 7) is 2.45.